The molecular weight excluding hydrogens is 394 g/mol. The molecule has 2 aromatic carbocycles. The van der Waals surface area contributed by atoms with E-state index in [4.69, 9.17) is 9.47 Å². The third kappa shape index (κ3) is 5.17. The summed E-state index contributed by atoms with van der Waals surface area (Å²) >= 11 is 0. The van der Waals surface area contributed by atoms with Gasteiger partial charge < -0.3 is 24.6 Å². The van der Waals surface area contributed by atoms with E-state index in [1.165, 1.54) is 0 Å². The topological polar surface area (TPSA) is 71.1 Å². The zero-order valence-corrected chi connectivity index (χ0v) is 18.0. The van der Waals surface area contributed by atoms with E-state index in [-0.39, 0.29) is 24.3 Å². The molecule has 0 aromatic heterocycles. The summed E-state index contributed by atoms with van der Waals surface area (Å²) in [6.07, 6.45) is 1.13. The van der Waals surface area contributed by atoms with Crippen molar-refractivity contribution in [3.63, 3.8) is 0 Å². The van der Waals surface area contributed by atoms with Crippen LogP contribution < -0.4 is 15.0 Å². The highest BCUT2D eigenvalue weighted by molar-refractivity contribution is 5.99. The first-order valence-electron chi connectivity index (χ1n) is 10.7. The van der Waals surface area contributed by atoms with Crippen molar-refractivity contribution < 1.29 is 19.1 Å². The van der Waals surface area contributed by atoms with E-state index in [1.807, 2.05) is 55.4 Å². The Morgan fingerprint density at radius 1 is 1.13 bits per heavy atom. The number of fused-ring (bicyclic) bond motifs is 1. The number of ether oxygens (including phenoxy) is 2. The molecule has 7 nitrogen and oxygen atoms in total. The van der Waals surface area contributed by atoms with E-state index in [1.54, 1.807) is 17.0 Å². The summed E-state index contributed by atoms with van der Waals surface area (Å²) in [5.41, 5.74) is 2.77. The summed E-state index contributed by atoms with van der Waals surface area (Å²) in [5, 5.41) is 2.83. The number of hydrogen-bond donors (Lipinski definition) is 1. The highest BCUT2D eigenvalue weighted by Crippen LogP contribution is 2.30. The Balaban J connectivity index is 1.46. The number of nitrogens with zero attached hydrogens (tertiary/aromatic N) is 2. The van der Waals surface area contributed by atoms with Gasteiger partial charge in [-0.2, -0.15) is 0 Å². The quantitative estimate of drug-likeness (QED) is 0.741. The van der Waals surface area contributed by atoms with Crippen LogP contribution in [0.4, 0.5) is 11.4 Å². The van der Waals surface area contributed by atoms with Crippen molar-refractivity contribution in [3.05, 3.63) is 54.1 Å². The SMILES string of the molecule is CN(C)c1ccc(CN(C[C@@H]2CCCO2)C(=O)C[C@@H]2Oc3ccccc3NC2=O)cc1. The highest BCUT2D eigenvalue weighted by atomic mass is 16.5. The predicted molar refractivity (Wildman–Crippen MR) is 119 cm³/mol. The molecule has 0 unspecified atom stereocenters. The summed E-state index contributed by atoms with van der Waals surface area (Å²) in [6.45, 7) is 1.71. The van der Waals surface area contributed by atoms with Gasteiger partial charge in [0.2, 0.25) is 5.91 Å². The van der Waals surface area contributed by atoms with E-state index >= 15 is 0 Å². The Labute approximate surface area is 182 Å². The number of rotatable bonds is 7. The maximum atomic E-state index is 13.2. The Bertz CT molecular complexity index is 923. The van der Waals surface area contributed by atoms with Crippen LogP contribution in [0.3, 0.4) is 0 Å². The number of amides is 2. The van der Waals surface area contributed by atoms with E-state index in [0.717, 1.165) is 30.7 Å². The molecule has 1 N–H and O–H groups in total. The van der Waals surface area contributed by atoms with Crippen LogP contribution in [0.2, 0.25) is 0 Å². The van der Waals surface area contributed by atoms with E-state index in [9.17, 15) is 9.59 Å². The summed E-state index contributed by atoms with van der Waals surface area (Å²) in [4.78, 5) is 29.5. The van der Waals surface area contributed by atoms with Gasteiger partial charge in [-0.3, -0.25) is 9.59 Å². The first kappa shape index (κ1) is 21.2. The van der Waals surface area contributed by atoms with Crippen molar-refractivity contribution in [2.75, 3.05) is 37.5 Å². The molecule has 2 heterocycles. The second kappa shape index (κ2) is 9.39. The van der Waals surface area contributed by atoms with Crippen molar-refractivity contribution in [1.82, 2.24) is 4.90 Å². The van der Waals surface area contributed by atoms with Crippen LogP contribution in [0.1, 0.15) is 24.8 Å². The van der Waals surface area contributed by atoms with Crippen LogP contribution in [0.15, 0.2) is 48.5 Å². The van der Waals surface area contributed by atoms with Gasteiger partial charge in [0.25, 0.3) is 5.91 Å². The van der Waals surface area contributed by atoms with Crippen LogP contribution in [0.25, 0.3) is 0 Å². The minimum Gasteiger partial charge on any atom is -0.478 e. The Morgan fingerprint density at radius 3 is 2.61 bits per heavy atom. The minimum absolute atomic E-state index is 0.0112. The molecule has 0 spiro atoms. The summed E-state index contributed by atoms with van der Waals surface area (Å²) in [6, 6.07) is 15.4. The number of hydrogen-bond acceptors (Lipinski definition) is 5. The van der Waals surface area contributed by atoms with Crippen molar-refractivity contribution in [2.24, 2.45) is 0 Å². The third-order valence-electron chi connectivity index (χ3n) is 5.69. The van der Waals surface area contributed by atoms with Gasteiger partial charge in [-0.1, -0.05) is 24.3 Å². The molecule has 2 atom stereocenters. The predicted octanol–water partition coefficient (Wildman–Crippen LogP) is 3.05. The van der Waals surface area contributed by atoms with Crippen molar-refractivity contribution in [3.8, 4) is 5.75 Å². The lowest BCUT2D eigenvalue weighted by Gasteiger charge is -2.29. The normalized spacial score (nSPS) is 19.9. The van der Waals surface area contributed by atoms with E-state index in [2.05, 4.69) is 5.32 Å². The van der Waals surface area contributed by atoms with Gasteiger partial charge in [0.15, 0.2) is 6.10 Å². The van der Waals surface area contributed by atoms with Gasteiger partial charge in [-0.25, -0.2) is 0 Å². The minimum atomic E-state index is -0.842. The van der Waals surface area contributed by atoms with Crippen molar-refractivity contribution in [2.45, 2.75) is 38.0 Å². The maximum absolute atomic E-state index is 13.2. The summed E-state index contributed by atoms with van der Waals surface area (Å²) < 4.78 is 11.6. The number of anilines is 2. The van der Waals surface area contributed by atoms with Gasteiger partial charge in [0.05, 0.1) is 18.2 Å². The molecule has 0 bridgehead atoms. The first-order chi connectivity index (χ1) is 15.0. The lowest BCUT2D eigenvalue weighted by atomic mass is 10.1. The first-order valence-corrected chi connectivity index (χ1v) is 10.7. The zero-order valence-electron chi connectivity index (χ0n) is 18.0. The number of carbonyl (C=O) groups is 2. The second-order valence-corrected chi connectivity index (χ2v) is 8.27. The number of nitrogens with one attached hydrogen (secondary N) is 1. The van der Waals surface area contributed by atoms with Crippen LogP contribution in [-0.4, -0.2) is 56.2 Å². The smallest absolute Gasteiger partial charge is 0.266 e. The standard InChI is InChI=1S/C24H29N3O4/c1-26(2)18-11-9-17(10-12-18)15-27(16-19-6-5-13-30-19)23(28)14-22-24(29)25-20-7-3-4-8-21(20)31-22/h3-4,7-12,19,22H,5-6,13-16H2,1-2H3,(H,25,29)/t19-,22-/m0/s1. The number of carbonyl (C=O) groups excluding carboxylic acids is 2. The maximum Gasteiger partial charge on any atom is 0.266 e. The fraction of sp³-hybridized carbons (Fsp3) is 0.417. The van der Waals surface area contributed by atoms with E-state index in [0.29, 0.717) is 24.5 Å². The van der Waals surface area contributed by atoms with E-state index < -0.39 is 6.10 Å². The molecule has 1 saturated heterocycles. The third-order valence-corrected chi connectivity index (χ3v) is 5.69. The second-order valence-electron chi connectivity index (χ2n) is 8.27. The molecule has 0 radical (unpaired) electrons. The molecule has 2 aliphatic rings. The molecule has 164 valence electrons. The van der Waals surface area contributed by atoms with Crippen LogP contribution in [-0.2, 0) is 20.9 Å². The van der Waals surface area contributed by atoms with Gasteiger partial charge >= 0.3 is 0 Å². The highest BCUT2D eigenvalue weighted by Gasteiger charge is 2.32. The lowest BCUT2D eigenvalue weighted by molar-refractivity contribution is -0.138. The van der Waals surface area contributed by atoms with Crippen molar-refractivity contribution >= 4 is 23.2 Å². The average molecular weight is 424 g/mol. The fourth-order valence-corrected chi connectivity index (χ4v) is 3.92. The zero-order chi connectivity index (χ0) is 21.8. The number of benzene rings is 2. The Hall–Kier alpha value is -3.06. The summed E-state index contributed by atoms with van der Waals surface area (Å²) in [7, 11) is 3.99. The van der Waals surface area contributed by atoms with Gasteiger partial charge in [0, 0.05) is 39.5 Å². The molecular formula is C24H29N3O4. The fourth-order valence-electron chi connectivity index (χ4n) is 3.92. The molecule has 2 aromatic rings. The molecule has 0 saturated carbocycles. The Morgan fingerprint density at radius 2 is 1.90 bits per heavy atom. The lowest BCUT2D eigenvalue weighted by Crippen LogP contribution is -2.44. The largest absolute Gasteiger partial charge is 0.478 e. The average Bonchev–Trinajstić information content (AvgIpc) is 3.27. The molecule has 4 rings (SSSR count). The molecule has 2 aliphatic heterocycles. The van der Waals surface area contributed by atoms with Gasteiger partial charge in [0.1, 0.15) is 5.75 Å². The van der Waals surface area contributed by atoms with Crippen LogP contribution in [0, 0.1) is 0 Å². The monoisotopic (exact) mass is 423 g/mol. The number of para-hydroxylation sites is 2. The van der Waals surface area contributed by atoms with Crippen molar-refractivity contribution in [1.29, 1.82) is 0 Å². The van der Waals surface area contributed by atoms with Gasteiger partial charge in [-0.05, 0) is 42.7 Å². The van der Waals surface area contributed by atoms with Crippen LogP contribution >= 0.6 is 0 Å². The molecule has 0 aliphatic carbocycles. The van der Waals surface area contributed by atoms with Crippen LogP contribution in [0.5, 0.6) is 5.75 Å². The Kier molecular flexibility index (Phi) is 6.42. The molecule has 7 heteroatoms. The van der Waals surface area contributed by atoms with Gasteiger partial charge in [-0.15, -0.1) is 0 Å². The summed E-state index contributed by atoms with van der Waals surface area (Å²) in [5.74, 6) is 0.177. The molecule has 31 heavy (non-hydrogen) atoms. The molecule has 1 fully saturated rings. The molecule has 2 amide bonds.